The molecule has 4 heteroatoms. The van der Waals surface area contributed by atoms with Crippen LogP contribution in [0.2, 0.25) is 0 Å². The van der Waals surface area contributed by atoms with E-state index in [4.69, 9.17) is 22.7 Å². The van der Waals surface area contributed by atoms with Gasteiger partial charge in [0.15, 0.2) is 0 Å². The van der Waals surface area contributed by atoms with Crippen molar-refractivity contribution in [1.29, 1.82) is 0 Å². The molecule has 2 nitrogen and oxygen atoms in total. The summed E-state index contributed by atoms with van der Waals surface area (Å²) in [5, 5.41) is 0. The van der Waals surface area contributed by atoms with E-state index in [9.17, 15) is 0 Å². The zero-order valence-electron chi connectivity index (χ0n) is 9.77. The number of rotatable bonds is 5. The summed E-state index contributed by atoms with van der Waals surface area (Å²) in [6.07, 6.45) is 0.945. The van der Waals surface area contributed by atoms with Gasteiger partial charge in [-0.25, -0.2) is 0 Å². The van der Waals surface area contributed by atoms with E-state index < -0.39 is 0 Å². The molecular weight excluding hydrogens is 238 g/mol. The SMILES string of the molecule is CC.NC(=S)c1ccc(OCCCS)cc1. The first-order valence-electron chi connectivity index (χ1n) is 5.37. The maximum atomic E-state index is 5.47. The van der Waals surface area contributed by atoms with Crippen molar-refractivity contribution in [3.8, 4) is 5.75 Å². The van der Waals surface area contributed by atoms with E-state index in [1.54, 1.807) is 0 Å². The topological polar surface area (TPSA) is 35.2 Å². The Morgan fingerprint density at radius 3 is 2.31 bits per heavy atom. The lowest BCUT2D eigenvalue weighted by Gasteiger charge is -2.05. The van der Waals surface area contributed by atoms with Crippen molar-refractivity contribution in [3.63, 3.8) is 0 Å². The highest BCUT2D eigenvalue weighted by Gasteiger charge is 1.96. The van der Waals surface area contributed by atoms with E-state index in [1.165, 1.54) is 0 Å². The molecule has 0 atom stereocenters. The molecule has 0 radical (unpaired) electrons. The van der Waals surface area contributed by atoms with Crippen LogP contribution in [-0.4, -0.2) is 17.3 Å². The second-order valence-corrected chi connectivity index (χ2v) is 3.70. The van der Waals surface area contributed by atoms with Gasteiger partial charge in [-0.05, 0) is 36.4 Å². The number of nitrogens with two attached hydrogens (primary N) is 1. The Kier molecular flexibility index (Phi) is 9.04. The van der Waals surface area contributed by atoms with E-state index in [-0.39, 0.29) is 0 Å². The van der Waals surface area contributed by atoms with E-state index in [0.717, 1.165) is 23.5 Å². The van der Waals surface area contributed by atoms with Crippen molar-refractivity contribution in [3.05, 3.63) is 29.8 Å². The van der Waals surface area contributed by atoms with Gasteiger partial charge in [0.1, 0.15) is 10.7 Å². The molecule has 0 saturated carbocycles. The Hall–Kier alpha value is -0.740. The number of thiocarbonyl (C=S) groups is 1. The van der Waals surface area contributed by atoms with Crippen LogP contribution in [0.4, 0.5) is 0 Å². The largest absolute Gasteiger partial charge is 0.494 e. The summed E-state index contributed by atoms with van der Waals surface area (Å²) in [6, 6.07) is 7.46. The van der Waals surface area contributed by atoms with E-state index >= 15 is 0 Å². The van der Waals surface area contributed by atoms with Gasteiger partial charge in [0.05, 0.1) is 6.61 Å². The summed E-state index contributed by atoms with van der Waals surface area (Å²) < 4.78 is 5.45. The quantitative estimate of drug-likeness (QED) is 0.483. The molecule has 0 aliphatic rings. The predicted octanol–water partition coefficient (Wildman–Crippen LogP) is 3.05. The molecule has 0 unspecified atom stereocenters. The molecule has 0 aliphatic heterocycles. The summed E-state index contributed by atoms with van der Waals surface area (Å²) in [6.45, 7) is 4.69. The zero-order chi connectivity index (χ0) is 12.4. The normalized spacial score (nSPS) is 8.94. The lowest BCUT2D eigenvalue weighted by atomic mass is 10.2. The average molecular weight is 257 g/mol. The molecule has 0 aliphatic carbocycles. The molecule has 2 N–H and O–H groups in total. The monoisotopic (exact) mass is 257 g/mol. The van der Waals surface area contributed by atoms with Crippen LogP contribution >= 0.6 is 24.8 Å². The van der Waals surface area contributed by atoms with Gasteiger partial charge in [-0.2, -0.15) is 12.6 Å². The highest BCUT2D eigenvalue weighted by molar-refractivity contribution is 7.80. The van der Waals surface area contributed by atoms with Crippen molar-refractivity contribution in [2.45, 2.75) is 20.3 Å². The number of benzene rings is 1. The van der Waals surface area contributed by atoms with Gasteiger partial charge in [0.2, 0.25) is 0 Å². The lowest BCUT2D eigenvalue weighted by molar-refractivity contribution is 0.319. The van der Waals surface area contributed by atoms with E-state index in [1.807, 2.05) is 38.1 Å². The fourth-order valence-electron chi connectivity index (χ4n) is 0.970. The summed E-state index contributed by atoms with van der Waals surface area (Å²) >= 11 is 8.94. The van der Waals surface area contributed by atoms with Crippen molar-refractivity contribution < 1.29 is 4.74 Å². The highest BCUT2D eigenvalue weighted by Crippen LogP contribution is 2.12. The van der Waals surface area contributed by atoms with Crippen molar-refractivity contribution in [2.75, 3.05) is 12.4 Å². The molecule has 0 amide bonds. The first-order valence-corrected chi connectivity index (χ1v) is 6.41. The molecule has 0 fully saturated rings. The van der Waals surface area contributed by atoms with Crippen LogP contribution in [0.15, 0.2) is 24.3 Å². The van der Waals surface area contributed by atoms with Crippen LogP contribution in [0.1, 0.15) is 25.8 Å². The second kappa shape index (κ2) is 9.48. The zero-order valence-corrected chi connectivity index (χ0v) is 11.5. The molecule has 0 spiro atoms. The maximum absolute atomic E-state index is 5.47. The van der Waals surface area contributed by atoms with Gasteiger partial charge in [-0.3, -0.25) is 0 Å². The summed E-state index contributed by atoms with van der Waals surface area (Å²) in [5.41, 5.74) is 6.33. The van der Waals surface area contributed by atoms with Crippen LogP contribution < -0.4 is 10.5 Å². The Bertz CT molecular complexity index is 298. The Morgan fingerprint density at radius 1 is 1.31 bits per heavy atom. The van der Waals surface area contributed by atoms with Crippen molar-refractivity contribution >= 4 is 29.8 Å². The van der Waals surface area contributed by atoms with Gasteiger partial charge in [-0.15, -0.1) is 0 Å². The van der Waals surface area contributed by atoms with E-state index in [2.05, 4.69) is 12.6 Å². The van der Waals surface area contributed by atoms with Crippen LogP contribution in [0.3, 0.4) is 0 Å². The molecule has 90 valence electrons. The number of hydrogen-bond acceptors (Lipinski definition) is 3. The predicted molar refractivity (Wildman–Crippen MR) is 77.6 cm³/mol. The minimum absolute atomic E-state index is 0.409. The Balaban J connectivity index is 0.00000106. The van der Waals surface area contributed by atoms with Gasteiger partial charge in [0.25, 0.3) is 0 Å². The standard InChI is InChI=1S/C10H13NOS2.C2H6/c11-10(14)8-2-4-9(5-3-8)12-6-1-7-13;1-2/h2-5,13H,1,6-7H2,(H2,11,14);1-2H3. The Morgan fingerprint density at radius 2 is 1.88 bits per heavy atom. The maximum Gasteiger partial charge on any atom is 0.119 e. The molecule has 1 aromatic rings. The third-order valence-corrected chi connectivity index (χ3v) is 2.26. The summed E-state index contributed by atoms with van der Waals surface area (Å²) in [5.74, 6) is 1.68. The smallest absolute Gasteiger partial charge is 0.119 e. The van der Waals surface area contributed by atoms with Gasteiger partial charge in [-0.1, -0.05) is 26.1 Å². The molecular formula is C12H19NOS2. The van der Waals surface area contributed by atoms with Crippen molar-refractivity contribution in [1.82, 2.24) is 0 Å². The minimum Gasteiger partial charge on any atom is -0.494 e. The first kappa shape index (κ1) is 15.3. The molecule has 0 aromatic heterocycles. The van der Waals surface area contributed by atoms with Gasteiger partial charge in [0, 0.05) is 5.56 Å². The molecule has 0 heterocycles. The van der Waals surface area contributed by atoms with Crippen LogP contribution in [-0.2, 0) is 0 Å². The molecule has 1 rings (SSSR count). The Labute approximate surface area is 109 Å². The summed E-state index contributed by atoms with van der Waals surface area (Å²) in [4.78, 5) is 0.409. The first-order chi connectivity index (χ1) is 7.74. The third-order valence-electron chi connectivity index (χ3n) is 1.71. The molecule has 0 bridgehead atoms. The molecule has 1 aromatic carbocycles. The van der Waals surface area contributed by atoms with Crippen LogP contribution in [0.25, 0.3) is 0 Å². The molecule has 16 heavy (non-hydrogen) atoms. The highest BCUT2D eigenvalue weighted by atomic mass is 32.1. The fraction of sp³-hybridized carbons (Fsp3) is 0.417. The number of hydrogen-bond donors (Lipinski definition) is 2. The number of ether oxygens (including phenoxy) is 1. The summed E-state index contributed by atoms with van der Waals surface area (Å²) in [7, 11) is 0. The van der Waals surface area contributed by atoms with Crippen LogP contribution in [0, 0.1) is 0 Å². The van der Waals surface area contributed by atoms with Crippen molar-refractivity contribution in [2.24, 2.45) is 5.73 Å². The average Bonchev–Trinajstić information content (AvgIpc) is 2.33. The minimum atomic E-state index is 0.409. The van der Waals surface area contributed by atoms with Crippen LogP contribution in [0.5, 0.6) is 5.75 Å². The second-order valence-electron chi connectivity index (χ2n) is 2.81. The fourth-order valence-corrected chi connectivity index (χ4v) is 1.24. The van der Waals surface area contributed by atoms with Gasteiger partial charge >= 0.3 is 0 Å². The van der Waals surface area contributed by atoms with Gasteiger partial charge < -0.3 is 10.5 Å². The lowest BCUT2D eigenvalue weighted by Crippen LogP contribution is -2.08. The van der Waals surface area contributed by atoms with E-state index in [0.29, 0.717) is 11.6 Å². The number of thiol groups is 1. The molecule has 0 saturated heterocycles. The third kappa shape index (κ3) is 5.98.